The zero-order valence-electron chi connectivity index (χ0n) is 10.6. The lowest BCUT2D eigenvalue weighted by Crippen LogP contribution is -2.29. The zero-order chi connectivity index (χ0) is 12.4. The van der Waals surface area contributed by atoms with Gasteiger partial charge < -0.3 is 10.6 Å². The number of anilines is 1. The number of hydrogen-bond donors (Lipinski definition) is 1. The molecular weight excluding hydrogens is 215 g/mol. The normalized spacial score (nSPS) is 18.9. The van der Waals surface area contributed by atoms with Crippen LogP contribution in [0.2, 0.25) is 0 Å². The van der Waals surface area contributed by atoms with Crippen molar-refractivity contribution in [3.05, 3.63) is 29.6 Å². The Kier molecular flexibility index (Phi) is 3.67. The molecule has 1 heterocycles. The molecule has 1 aliphatic heterocycles. The third-order valence-electron chi connectivity index (χ3n) is 3.54. The summed E-state index contributed by atoms with van der Waals surface area (Å²) in [6.07, 6.45) is 1.94. The molecule has 2 nitrogen and oxygen atoms in total. The first kappa shape index (κ1) is 12.4. The summed E-state index contributed by atoms with van der Waals surface area (Å²) in [6, 6.07) is 5.81. The highest BCUT2D eigenvalue weighted by Crippen LogP contribution is 2.41. The van der Waals surface area contributed by atoms with Gasteiger partial charge >= 0.3 is 0 Å². The molecule has 1 atom stereocenters. The van der Waals surface area contributed by atoms with Gasteiger partial charge in [-0.05, 0) is 45.4 Å². The highest BCUT2D eigenvalue weighted by atomic mass is 19.1. The minimum Gasteiger partial charge on any atom is -0.368 e. The molecule has 3 heteroatoms. The predicted molar refractivity (Wildman–Crippen MR) is 69.9 cm³/mol. The summed E-state index contributed by atoms with van der Waals surface area (Å²) in [5.74, 6) is 0.241. The van der Waals surface area contributed by atoms with E-state index in [1.54, 1.807) is 12.1 Å². The second-order valence-electron chi connectivity index (χ2n) is 5.05. The van der Waals surface area contributed by atoms with Gasteiger partial charge in [0.15, 0.2) is 0 Å². The number of nitrogens with zero attached hydrogens (tertiary/aromatic N) is 1. The molecule has 2 N–H and O–H groups in total. The van der Waals surface area contributed by atoms with E-state index in [-0.39, 0.29) is 5.82 Å². The molecule has 0 amide bonds. The maximum absolute atomic E-state index is 13.9. The van der Waals surface area contributed by atoms with Crippen molar-refractivity contribution in [1.29, 1.82) is 0 Å². The largest absolute Gasteiger partial charge is 0.368 e. The number of hydrogen-bond acceptors (Lipinski definition) is 2. The van der Waals surface area contributed by atoms with Crippen molar-refractivity contribution < 1.29 is 4.39 Å². The molecule has 2 rings (SSSR count). The van der Waals surface area contributed by atoms with Crippen LogP contribution in [0.15, 0.2) is 18.2 Å². The second-order valence-corrected chi connectivity index (χ2v) is 5.05. The van der Waals surface area contributed by atoms with Crippen molar-refractivity contribution in [1.82, 2.24) is 0 Å². The number of fused-ring (bicyclic) bond motifs is 1. The van der Waals surface area contributed by atoms with Crippen LogP contribution in [0, 0.1) is 5.82 Å². The molecule has 0 fully saturated rings. The van der Waals surface area contributed by atoms with E-state index in [9.17, 15) is 4.39 Å². The molecule has 0 radical (unpaired) electrons. The summed E-state index contributed by atoms with van der Waals surface area (Å²) in [4.78, 5) is 2.29. The van der Waals surface area contributed by atoms with Crippen LogP contribution in [0.1, 0.15) is 38.2 Å². The van der Waals surface area contributed by atoms with E-state index in [1.807, 2.05) is 6.07 Å². The van der Waals surface area contributed by atoms with E-state index in [1.165, 1.54) is 0 Å². The van der Waals surface area contributed by atoms with E-state index in [0.717, 1.165) is 30.6 Å². The van der Waals surface area contributed by atoms with Gasteiger partial charge in [-0.2, -0.15) is 0 Å². The average molecular weight is 236 g/mol. The SMILES string of the molecule is CC(C)N1CC(CCCN)c2c(F)cccc21. The second kappa shape index (κ2) is 5.05. The number of rotatable bonds is 4. The van der Waals surface area contributed by atoms with Crippen LogP contribution in [-0.2, 0) is 0 Å². The molecule has 94 valence electrons. The van der Waals surface area contributed by atoms with E-state index in [2.05, 4.69) is 18.7 Å². The molecule has 0 saturated heterocycles. The van der Waals surface area contributed by atoms with Crippen LogP contribution < -0.4 is 10.6 Å². The molecule has 17 heavy (non-hydrogen) atoms. The van der Waals surface area contributed by atoms with Gasteiger partial charge in [-0.3, -0.25) is 0 Å². The molecule has 1 unspecified atom stereocenters. The highest BCUT2D eigenvalue weighted by Gasteiger charge is 2.31. The fourth-order valence-corrected chi connectivity index (χ4v) is 2.70. The summed E-state index contributed by atoms with van der Waals surface area (Å²) in [5.41, 5.74) is 7.52. The van der Waals surface area contributed by atoms with Crippen molar-refractivity contribution in [3.63, 3.8) is 0 Å². The van der Waals surface area contributed by atoms with Crippen LogP contribution >= 0.6 is 0 Å². The smallest absolute Gasteiger partial charge is 0.128 e. The van der Waals surface area contributed by atoms with Gasteiger partial charge in [0.05, 0.1) is 0 Å². The first-order valence-electron chi connectivity index (χ1n) is 6.40. The quantitative estimate of drug-likeness (QED) is 0.871. The Morgan fingerprint density at radius 3 is 2.88 bits per heavy atom. The number of benzene rings is 1. The van der Waals surface area contributed by atoms with E-state index in [4.69, 9.17) is 5.73 Å². The minimum absolute atomic E-state index is 0.0623. The molecular formula is C14H21FN2. The van der Waals surface area contributed by atoms with Gasteiger partial charge in [-0.25, -0.2) is 4.39 Å². The van der Waals surface area contributed by atoms with Crippen LogP contribution in [0.25, 0.3) is 0 Å². The van der Waals surface area contributed by atoms with E-state index in [0.29, 0.717) is 18.5 Å². The molecule has 1 aliphatic rings. The van der Waals surface area contributed by atoms with Crippen molar-refractivity contribution in [2.24, 2.45) is 5.73 Å². The van der Waals surface area contributed by atoms with Gasteiger partial charge in [0.2, 0.25) is 0 Å². The van der Waals surface area contributed by atoms with Gasteiger partial charge in [-0.15, -0.1) is 0 Å². The Bertz CT molecular complexity index is 390. The Morgan fingerprint density at radius 1 is 1.47 bits per heavy atom. The molecule has 0 spiro atoms. The lowest BCUT2D eigenvalue weighted by molar-refractivity contribution is 0.553. The Labute approximate surface area is 103 Å². The van der Waals surface area contributed by atoms with Gasteiger partial charge in [0.25, 0.3) is 0 Å². The maximum Gasteiger partial charge on any atom is 0.128 e. The molecule has 1 aromatic rings. The fourth-order valence-electron chi connectivity index (χ4n) is 2.70. The topological polar surface area (TPSA) is 29.3 Å². The van der Waals surface area contributed by atoms with Crippen molar-refractivity contribution in [3.8, 4) is 0 Å². The van der Waals surface area contributed by atoms with Gasteiger partial charge in [0.1, 0.15) is 5.82 Å². The molecule has 1 aromatic carbocycles. The zero-order valence-corrected chi connectivity index (χ0v) is 10.6. The fraction of sp³-hybridized carbons (Fsp3) is 0.571. The highest BCUT2D eigenvalue weighted by molar-refractivity contribution is 5.61. The maximum atomic E-state index is 13.9. The minimum atomic E-state index is -0.0623. The van der Waals surface area contributed by atoms with Crippen molar-refractivity contribution in [2.45, 2.75) is 38.6 Å². The van der Waals surface area contributed by atoms with Gasteiger partial charge in [0, 0.05) is 29.8 Å². The monoisotopic (exact) mass is 236 g/mol. The Morgan fingerprint density at radius 2 is 2.24 bits per heavy atom. The summed E-state index contributed by atoms with van der Waals surface area (Å²) in [5, 5.41) is 0. The lowest BCUT2D eigenvalue weighted by Gasteiger charge is -2.24. The Balaban J connectivity index is 2.31. The first-order valence-corrected chi connectivity index (χ1v) is 6.40. The van der Waals surface area contributed by atoms with E-state index < -0.39 is 0 Å². The molecule has 0 saturated carbocycles. The van der Waals surface area contributed by atoms with Crippen molar-refractivity contribution in [2.75, 3.05) is 18.0 Å². The Hall–Kier alpha value is -1.09. The summed E-state index contributed by atoms with van der Waals surface area (Å²) in [7, 11) is 0. The third-order valence-corrected chi connectivity index (χ3v) is 3.54. The summed E-state index contributed by atoms with van der Waals surface area (Å²) >= 11 is 0. The van der Waals surface area contributed by atoms with Crippen LogP contribution in [-0.4, -0.2) is 19.1 Å². The standard InChI is InChI=1S/C14H21FN2/c1-10(2)17-9-11(5-4-8-16)14-12(15)6-3-7-13(14)17/h3,6-7,10-11H,4-5,8-9,16H2,1-2H3. The third kappa shape index (κ3) is 2.29. The molecule has 0 aromatic heterocycles. The lowest BCUT2D eigenvalue weighted by atomic mass is 9.96. The predicted octanol–water partition coefficient (Wildman–Crippen LogP) is 2.88. The van der Waals surface area contributed by atoms with Gasteiger partial charge in [-0.1, -0.05) is 6.07 Å². The number of halogens is 1. The van der Waals surface area contributed by atoms with Crippen molar-refractivity contribution >= 4 is 5.69 Å². The molecule has 0 aliphatic carbocycles. The van der Waals surface area contributed by atoms with Crippen LogP contribution in [0.5, 0.6) is 0 Å². The van der Waals surface area contributed by atoms with E-state index >= 15 is 0 Å². The average Bonchev–Trinajstić information content (AvgIpc) is 2.67. The first-order chi connectivity index (χ1) is 8.15. The summed E-state index contributed by atoms with van der Waals surface area (Å²) < 4.78 is 13.9. The van der Waals surface area contributed by atoms with Crippen LogP contribution in [0.4, 0.5) is 10.1 Å². The van der Waals surface area contributed by atoms with Crippen LogP contribution in [0.3, 0.4) is 0 Å². The molecule has 0 bridgehead atoms. The number of nitrogens with two attached hydrogens (primary N) is 1. The summed E-state index contributed by atoms with van der Waals surface area (Å²) in [6.45, 7) is 5.91.